The van der Waals surface area contributed by atoms with Crippen molar-refractivity contribution in [2.75, 3.05) is 5.32 Å². The summed E-state index contributed by atoms with van der Waals surface area (Å²) in [5.74, 6) is -1.64. The Morgan fingerprint density at radius 1 is 1.25 bits per heavy atom. The number of benzene rings is 2. The van der Waals surface area contributed by atoms with Crippen molar-refractivity contribution in [3.63, 3.8) is 0 Å². The Hall–Kier alpha value is -3.02. The van der Waals surface area contributed by atoms with Gasteiger partial charge in [0.1, 0.15) is 11.5 Å². The molecule has 1 heterocycles. The number of hydrogen-bond donors (Lipinski definition) is 1. The highest BCUT2D eigenvalue weighted by Gasteiger charge is 2.10. The minimum atomic E-state index is -0.747. The molecule has 0 radical (unpaired) electrons. The number of nitrogens with one attached hydrogen (secondary N) is 1. The summed E-state index contributed by atoms with van der Waals surface area (Å²) < 4.78 is 28.4. The van der Waals surface area contributed by atoms with Gasteiger partial charge >= 0.3 is 0 Å². The molecule has 1 N–H and O–H groups in total. The summed E-state index contributed by atoms with van der Waals surface area (Å²) in [4.78, 5) is 16.9. The van der Waals surface area contributed by atoms with Crippen LogP contribution in [0, 0.1) is 23.0 Å². The number of nitriles is 1. The number of halogens is 3. The molecule has 3 aromatic rings. The molecule has 0 bridgehead atoms. The van der Waals surface area contributed by atoms with Crippen molar-refractivity contribution in [2.45, 2.75) is 6.42 Å². The monoisotopic (exact) mass is 420 g/mol. The van der Waals surface area contributed by atoms with E-state index in [0.717, 1.165) is 12.1 Å². The highest BCUT2D eigenvalue weighted by molar-refractivity contribution is 7.07. The molecule has 3 rings (SSSR count). The van der Waals surface area contributed by atoms with Gasteiger partial charge in [-0.2, -0.15) is 5.26 Å². The van der Waals surface area contributed by atoms with Gasteiger partial charge in [-0.05, 0) is 36.4 Å². The number of rotatable bonds is 4. The molecule has 0 aliphatic heterocycles. The fourth-order valence-electron chi connectivity index (χ4n) is 2.34. The molecule has 144 valence electrons. The topological polar surface area (TPSA) is 70.2 Å². The first kappa shape index (κ1) is 21.3. The van der Waals surface area contributed by atoms with Crippen molar-refractivity contribution in [3.8, 4) is 6.07 Å². The summed E-state index contributed by atoms with van der Waals surface area (Å²) in [5, 5.41) is 13.3. The summed E-state index contributed by atoms with van der Waals surface area (Å²) in [7, 11) is 1.72. The average molecular weight is 421 g/mol. The zero-order valence-electron chi connectivity index (χ0n) is 14.6. The lowest BCUT2D eigenvalue weighted by Gasteiger charge is -2.06. The zero-order chi connectivity index (χ0) is 19.4. The van der Waals surface area contributed by atoms with Crippen molar-refractivity contribution in [1.82, 2.24) is 4.57 Å². The van der Waals surface area contributed by atoms with Crippen LogP contribution in [-0.2, 0) is 18.3 Å². The molecule has 1 aromatic heterocycles. The maximum Gasteiger partial charge on any atom is 0.230 e. The van der Waals surface area contributed by atoms with Gasteiger partial charge in [-0.1, -0.05) is 0 Å². The number of carbonyl (C=O) groups is 1. The minimum absolute atomic E-state index is 0. The lowest BCUT2D eigenvalue weighted by molar-refractivity contribution is -0.115. The Balaban J connectivity index is 0.00000280. The SMILES string of the molecule is Cl.Cn1c(CC(=O)Nc2ccc(C#N)cc2)cs/c1=N/c1ccc(F)cc1F. The predicted octanol–water partition coefficient (Wildman–Crippen LogP) is 4.07. The summed E-state index contributed by atoms with van der Waals surface area (Å²) in [6, 6.07) is 11.7. The Morgan fingerprint density at radius 3 is 2.61 bits per heavy atom. The molecule has 2 aromatic carbocycles. The van der Waals surface area contributed by atoms with Crippen molar-refractivity contribution in [1.29, 1.82) is 5.26 Å². The third-order valence-electron chi connectivity index (χ3n) is 3.78. The Bertz CT molecular complexity index is 1100. The first-order valence-corrected chi connectivity index (χ1v) is 8.77. The maximum absolute atomic E-state index is 13.8. The maximum atomic E-state index is 13.8. The van der Waals surface area contributed by atoms with E-state index in [1.54, 1.807) is 41.3 Å². The van der Waals surface area contributed by atoms with Crippen molar-refractivity contribution >= 4 is 41.0 Å². The highest BCUT2D eigenvalue weighted by Crippen LogP contribution is 2.18. The molecule has 9 heteroatoms. The molecule has 0 aliphatic carbocycles. The van der Waals surface area contributed by atoms with Gasteiger partial charge in [-0.25, -0.2) is 13.8 Å². The number of nitrogens with zero attached hydrogens (tertiary/aromatic N) is 3. The second-order valence-corrected chi connectivity index (χ2v) is 6.53. The lowest BCUT2D eigenvalue weighted by atomic mass is 10.2. The molecule has 0 unspecified atom stereocenters. The van der Waals surface area contributed by atoms with Crippen LogP contribution in [0.5, 0.6) is 0 Å². The largest absolute Gasteiger partial charge is 0.326 e. The normalized spacial score (nSPS) is 10.9. The van der Waals surface area contributed by atoms with Gasteiger partial charge in [-0.3, -0.25) is 4.79 Å². The Labute approximate surface area is 170 Å². The number of carbonyl (C=O) groups excluding carboxylic acids is 1. The molecule has 0 saturated carbocycles. The number of thiazole rings is 1. The fraction of sp³-hybridized carbons (Fsp3) is 0.105. The summed E-state index contributed by atoms with van der Waals surface area (Å²) in [5.41, 5.74) is 1.83. The van der Waals surface area contributed by atoms with E-state index >= 15 is 0 Å². The smallest absolute Gasteiger partial charge is 0.230 e. The van der Waals surface area contributed by atoms with Crippen molar-refractivity contribution in [2.24, 2.45) is 12.0 Å². The van der Waals surface area contributed by atoms with E-state index < -0.39 is 11.6 Å². The van der Waals surface area contributed by atoms with E-state index in [2.05, 4.69) is 10.3 Å². The van der Waals surface area contributed by atoms with Crippen LogP contribution >= 0.6 is 23.7 Å². The second-order valence-electron chi connectivity index (χ2n) is 5.69. The van der Waals surface area contributed by atoms with Crippen LogP contribution < -0.4 is 10.1 Å². The van der Waals surface area contributed by atoms with Gasteiger partial charge in [0.2, 0.25) is 5.91 Å². The van der Waals surface area contributed by atoms with Crippen LogP contribution in [-0.4, -0.2) is 10.5 Å². The molecule has 0 fully saturated rings. The Kier molecular flexibility index (Phi) is 7.04. The van der Waals surface area contributed by atoms with Crippen LogP contribution in [0.3, 0.4) is 0 Å². The van der Waals surface area contributed by atoms with E-state index in [1.165, 1.54) is 17.4 Å². The van der Waals surface area contributed by atoms with Gasteiger partial charge in [0, 0.05) is 29.9 Å². The first-order chi connectivity index (χ1) is 13.0. The number of anilines is 1. The van der Waals surface area contributed by atoms with Crippen LogP contribution in [0.1, 0.15) is 11.3 Å². The second kappa shape index (κ2) is 9.26. The van der Waals surface area contributed by atoms with Crippen LogP contribution in [0.2, 0.25) is 0 Å². The van der Waals surface area contributed by atoms with Crippen LogP contribution in [0.15, 0.2) is 52.8 Å². The van der Waals surface area contributed by atoms with Crippen molar-refractivity contribution in [3.05, 3.63) is 75.5 Å². The van der Waals surface area contributed by atoms with E-state index in [9.17, 15) is 13.6 Å². The Morgan fingerprint density at radius 2 is 1.96 bits per heavy atom. The predicted molar refractivity (Wildman–Crippen MR) is 106 cm³/mol. The lowest BCUT2D eigenvalue weighted by Crippen LogP contribution is -2.19. The summed E-state index contributed by atoms with van der Waals surface area (Å²) in [6.07, 6.45) is 0.106. The molecule has 5 nitrogen and oxygen atoms in total. The molecule has 28 heavy (non-hydrogen) atoms. The van der Waals surface area contributed by atoms with Crippen LogP contribution in [0.25, 0.3) is 0 Å². The third-order valence-corrected chi connectivity index (χ3v) is 4.75. The van der Waals surface area contributed by atoms with Gasteiger partial charge in [0.15, 0.2) is 10.6 Å². The molecule has 0 aliphatic rings. The summed E-state index contributed by atoms with van der Waals surface area (Å²) >= 11 is 1.26. The number of hydrogen-bond acceptors (Lipinski definition) is 4. The van der Waals surface area contributed by atoms with Gasteiger partial charge in [-0.15, -0.1) is 23.7 Å². The first-order valence-electron chi connectivity index (χ1n) is 7.89. The fourth-order valence-corrected chi connectivity index (χ4v) is 3.25. The quantitative estimate of drug-likeness (QED) is 0.691. The highest BCUT2D eigenvalue weighted by atomic mass is 35.5. The zero-order valence-corrected chi connectivity index (χ0v) is 16.3. The number of aromatic nitrogens is 1. The van der Waals surface area contributed by atoms with E-state index in [0.29, 0.717) is 21.7 Å². The van der Waals surface area contributed by atoms with Gasteiger partial charge < -0.3 is 9.88 Å². The van der Waals surface area contributed by atoms with Gasteiger partial charge in [0.05, 0.1) is 18.1 Å². The number of amides is 1. The van der Waals surface area contributed by atoms with Crippen LogP contribution in [0.4, 0.5) is 20.2 Å². The van der Waals surface area contributed by atoms with Crippen molar-refractivity contribution < 1.29 is 13.6 Å². The molecular formula is C19H15ClF2N4OS. The van der Waals surface area contributed by atoms with Gasteiger partial charge in [0.25, 0.3) is 0 Å². The van der Waals surface area contributed by atoms with E-state index in [-0.39, 0.29) is 30.4 Å². The molecule has 1 amide bonds. The molecular weight excluding hydrogens is 406 g/mol. The molecule has 0 spiro atoms. The third kappa shape index (κ3) is 5.03. The van der Waals surface area contributed by atoms with E-state index in [1.807, 2.05) is 6.07 Å². The molecule has 0 atom stereocenters. The standard InChI is InChI=1S/C19H14F2N4OS.ClH/c1-25-15(9-18(26)23-14-5-2-12(10-22)3-6-14)11-27-19(25)24-17-7-4-13(20)8-16(17)21;/h2-8,11H,9H2,1H3,(H,23,26);1H/b24-19+;. The minimum Gasteiger partial charge on any atom is -0.326 e. The summed E-state index contributed by atoms with van der Waals surface area (Å²) in [6.45, 7) is 0. The van der Waals surface area contributed by atoms with E-state index in [4.69, 9.17) is 5.26 Å². The molecule has 0 saturated heterocycles. The average Bonchev–Trinajstić information content (AvgIpc) is 2.98.